The summed E-state index contributed by atoms with van der Waals surface area (Å²) in [4.78, 5) is 2.43. The molecule has 3 atom stereocenters. The molecule has 0 spiro atoms. The van der Waals surface area contributed by atoms with Crippen molar-refractivity contribution in [3.8, 4) is 0 Å². The second-order valence-corrected chi connectivity index (χ2v) is 5.84. The smallest absolute Gasteiger partial charge is 0.0678 e. The third-order valence-electron chi connectivity index (χ3n) is 3.38. The Hall–Kier alpha value is -0.420. The van der Waals surface area contributed by atoms with Crippen LogP contribution in [0.4, 0.5) is 0 Å². The third kappa shape index (κ3) is 3.12. The topological polar surface area (TPSA) is 38.5 Å². The van der Waals surface area contributed by atoms with Crippen molar-refractivity contribution in [2.75, 3.05) is 19.6 Å². The zero-order chi connectivity index (χ0) is 13.1. The van der Waals surface area contributed by atoms with Gasteiger partial charge in [-0.15, -0.1) is 0 Å². The van der Waals surface area contributed by atoms with Gasteiger partial charge in [0, 0.05) is 30.1 Å². The Balaban J connectivity index is 2.20. The molecule has 0 radical (unpaired) electrons. The van der Waals surface area contributed by atoms with E-state index in [0.29, 0.717) is 6.54 Å². The first-order valence-corrected chi connectivity index (χ1v) is 7.25. The summed E-state index contributed by atoms with van der Waals surface area (Å²) in [6.07, 6.45) is 0.538. The van der Waals surface area contributed by atoms with Gasteiger partial charge in [0.1, 0.15) is 0 Å². The Morgan fingerprint density at radius 3 is 2.50 bits per heavy atom. The molecule has 1 aromatic carbocycles. The van der Waals surface area contributed by atoms with Crippen LogP contribution in [0.1, 0.15) is 25.5 Å². The molecule has 1 aliphatic rings. The van der Waals surface area contributed by atoms with Crippen molar-refractivity contribution < 1.29 is 4.74 Å². The van der Waals surface area contributed by atoms with Crippen LogP contribution in [0.2, 0.25) is 0 Å². The first-order chi connectivity index (χ1) is 8.61. The number of morpholine rings is 1. The quantitative estimate of drug-likeness (QED) is 0.932. The van der Waals surface area contributed by atoms with Crippen molar-refractivity contribution in [3.05, 3.63) is 34.3 Å². The molecule has 1 aliphatic heterocycles. The molecule has 18 heavy (non-hydrogen) atoms. The molecule has 3 nitrogen and oxygen atoms in total. The lowest BCUT2D eigenvalue weighted by atomic mass is 10.0. The van der Waals surface area contributed by atoms with Crippen LogP contribution >= 0.6 is 15.9 Å². The van der Waals surface area contributed by atoms with E-state index in [4.69, 9.17) is 10.5 Å². The Labute approximate surface area is 117 Å². The highest BCUT2D eigenvalue weighted by Crippen LogP contribution is 2.29. The fraction of sp³-hybridized carbons (Fsp3) is 0.571. The van der Waals surface area contributed by atoms with Gasteiger partial charge in [0.25, 0.3) is 0 Å². The van der Waals surface area contributed by atoms with Crippen molar-refractivity contribution in [2.24, 2.45) is 5.73 Å². The van der Waals surface area contributed by atoms with Crippen LogP contribution in [0.25, 0.3) is 0 Å². The van der Waals surface area contributed by atoms with E-state index in [9.17, 15) is 0 Å². The first kappa shape index (κ1) is 14.0. The second kappa shape index (κ2) is 6.15. The largest absolute Gasteiger partial charge is 0.373 e. The standard InChI is InChI=1S/C14H21BrN2O/c1-10-8-17(9-11(2)18-10)14(7-16)12-5-3-4-6-13(12)15/h3-6,10-11,14H,7-9,16H2,1-2H3/t10-,11-,14+/m1/s1. The van der Waals surface area contributed by atoms with Crippen LogP contribution in [-0.4, -0.2) is 36.7 Å². The normalized spacial score (nSPS) is 27.1. The summed E-state index contributed by atoms with van der Waals surface area (Å²) in [6.45, 7) is 6.75. The number of nitrogens with two attached hydrogens (primary N) is 1. The average Bonchev–Trinajstić information content (AvgIpc) is 2.31. The number of rotatable bonds is 3. The van der Waals surface area contributed by atoms with E-state index in [1.165, 1.54) is 5.56 Å². The van der Waals surface area contributed by atoms with E-state index in [1.54, 1.807) is 0 Å². The minimum atomic E-state index is 0.259. The fourth-order valence-electron chi connectivity index (χ4n) is 2.69. The molecule has 4 heteroatoms. The van der Waals surface area contributed by atoms with Crippen molar-refractivity contribution in [1.82, 2.24) is 4.90 Å². The molecule has 2 N–H and O–H groups in total. The van der Waals surface area contributed by atoms with E-state index in [-0.39, 0.29) is 18.2 Å². The maximum atomic E-state index is 5.99. The third-order valence-corrected chi connectivity index (χ3v) is 4.10. The Morgan fingerprint density at radius 1 is 1.33 bits per heavy atom. The zero-order valence-electron chi connectivity index (χ0n) is 11.0. The summed E-state index contributed by atoms with van der Waals surface area (Å²) in [7, 11) is 0. The predicted molar refractivity (Wildman–Crippen MR) is 77.5 cm³/mol. The van der Waals surface area contributed by atoms with E-state index in [2.05, 4.69) is 52.9 Å². The van der Waals surface area contributed by atoms with Gasteiger partial charge in [0.05, 0.1) is 12.2 Å². The Morgan fingerprint density at radius 2 is 1.94 bits per heavy atom. The number of halogens is 1. The highest BCUT2D eigenvalue weighted by atomic mass is 79.9. The first-order valence-electron chi connectivity index (χ1n) is 6.45. The monoisotopic (exact) mass is 312 g/mol. The molecule has 1 aromatic rings. The van der Waals surface area contributed by atoms with Crippen LogP contribution < -0.4 is 5.73 Å². The molecule has 100 valence electrons. The Kier molecular flexibility index (Phi) is 4.78. The zero-order valence-corrected chi connectivity index (χ0v) is 12.6. The molecule has 0 saturated carbocycles. The van der Waals surface area contributed by atoms with Gasteiger partial charge in [0.15, 0.2) is 0 Å². The van der Waals surface area contributed by atoms with Gasteiger partial charge in [-0.3, -0.25) is 4.90 Å². The van der Waals surface area contributed by atoms with Crippen molar-refractivity contribution in [2.45, 2.75) is 32.1 Å². The molecule has 0 bridgehead atoms. The summed E-state index contributed by atoms with van der Waals surface area (Å²) in [5, 5.41) is 0. The SMILES string of the molecule is C[C@@H]1CN([C@@H](CN)c2ccccc2Br)C[C@@H](C)O1. The van der Waals surface area contributed by atoms with Crippen LogP contribution in [0.15, 0.2) is 28.7 Å². The number of hydrogen-bond donors (Lipinski definition) is 1. The van der Waals surface area contributed by atoms with E-state index in [1.807, 2.05) is 6.07 Å². The minimum Gasteiger partial charge on any atom is -0.373 e. The van der Waals surface area contributed by atoms with E-state index < -0.39 is 0 Å². The van der Waals surface area contributed by atoms with Gasteiger partial charge in [0.2, 0.25) is 0 Å². The number of nitrogens with zero attached hydrogens (tertiary/aromatic N) is 1. The number of ether oxygens (including phenoxy) is 1. The number of hydrogen-bond acceptors (Lipinski definition) is 3. The van der Waals surface area contributed by atoms with Gasteiger partial charge >= 0.3 is 0 Å². The van der Waals surface area contributed by atoms with Gasteiger partial charge in [-0.05, 0) is 25.5 Å². The maximum absolute atomic E-state index is 5.99. The molecule has 0 aliphatic carbocycles. The summed E-state index contributed by atoms with van der Waals surface area (Å²) in [5.74, 6) is 0. The minimum absolute atomic E-state index is 0.259. The molecule has 2 rings (SSSR count). The molecule has 1 saturated heterocycles. The molecule has 1 fully saturated rings. The molecule has 0 amide bonds. The molecular formula is C14H21BrN2O. The van der Waals surface area contributed by atoms with Crippen LogP contribution in [-0.2, 0) is 4.74 Å². The molecular weight excluding hydrogens is 292 g/mol. The second-order valence-electron chi connectivity index (χ2n) is 4.98. The van der Waals surface area contributed by atoms with Gasteiger partial charge in [-0.2, -0.15) is 0 Å². The predicted octanol–water partition coefficient (Wildman–Crippen LogP) is 2.56. The highest BCUT2D eigenvalue weighted by Gasteiger charge is 2.28. The summed E-state index contributed by atoms with van der Waals surface area (Å²) in [6, 6.07) is 8.58. The van der Waals surface area contributed by atoms with Crippen LogP contribution in [0, 0.1) is 0 Å². The maximum Gasteiger partial charge on any atom is 0.0678 e. The van der Waals surface area contributed by atoms with E-state index >= 15 is 0 Å². The van der Waals surface area contributed by atoms with Crippen LogP contribution in [0.5, 0.6) is 0 Å². The van der Waals surface area contributed by atoms with E-state index in [0.717, 1.165) is 17.6 Å². The van der Waals surface area contributed by atoms with Gasteiger partial charge < -0.3 is 10.5 Å². The highest BCUT2D eigenvalue weighted by molar-refractivity contribution is 9.10. The van der Waals surface area contributed by atoms with Crippen molar-refractivity contribution >= 4 is 15.9 Å². The van der Waals surface area contributed by atoms with Crippen LogP contribution in [0.3, 0.4) is 0 Å². The lowest BCUT2D eigenvalue weighted by Crippen LogP contribution is -2.48. The molecule has 0 aromatic heterocycles. The average molecular weight is 313 g/mol. The fourth-order valence-corrected chi connectivity index (χ4v) is 3.24. The molecule has 1 heterocycles. The lowest BCUT2D eigenvalue weighted by molar-refractivity contribution is -0.0800. The summed E-state index contributed by atoms with van der Waals surface area (Å²) < 4.78 is 6.91. The summed E-state index contributed by atoms with van der Waals surface area (Å²) >= 11 is 3.62. The lowest BCUT2D eigenvalue weighted by Gasteiger charge is -2.40. The summed E-state index contributed by atoms with van der Waals surface area (Å²) in [5.41, 5.74) is 7.26. The van der Waals surface area contributed by atoms with Crippen molar-refractivity contribution in [1.29, 1.82) is 0 Å². The number of benzene rings is 1. The van der Waals surface area contributed by atoms with Gasteiger partial charge in [-0.25, -0.2) is 0 Å². The Bertz CT molecular complexity index is 389. The molecule has 0 unspecified atom stereocenters. The van der Waals surface area contributed by atoms with Gasteiger partial charge in [-0.1, -0.05) is 34.1 Å². The van der Waals surface area contributed by atoms with Crippen molar-refractivity contribution in [3.63, 3.8) is 0 Å².